The Morgan fingerprint density at radius 1 is 1.52 bits per heavy atom. The molecule has 1 heterocycles. The number of rotatable bonds is 7. The Labute approximate surface area is 116 Å². The van der Waals surface area contributed by atoms with E-state index in [0.29, 0.717) is 0 Å². The van der Waals surface area contributed by atoms with Gasteiger partial charge < -0.3 is 14.6 Å². The number of carboxylic acid groups (broad SMARTS) is 1. The van der Waals surface area contributed by atoms with Gasteiger partial charge in [0.15, 0.2) is 11.3 Å². The minimum atomic E-state index is -4.88. The first kappa shape index (κ1) is 17.0. The molecule has 10 heteroatoms. The fraction of sp³-hybridized carbons (Fsp3) is 0.545. The van der Waals surface area contributed by atoms with E-state index in [9.17, 15) is 22.8 Å². The SMILES string of the molecule is C[C@H](COCCC(=O)O)Oc1cn[nH]c(=O)c1C(F)(F)F. The van der Waals surface area contributed by atoms with Crippen molar-refractivity contribution in [1.82, 2.24) is 10.2 Å². The average Bonchev–Trinajstić information content (AvgIpc) is 2.32. The third-order valence-electron chi connectivity index (χ3n) is 2.25. The van der Waals surface area contributed by atoms with Crippen LogP contribution in [0.25, 0.3) is 0 Å². The highest BCUT2D eigenvalue weighted by atomic mass is 19.4. The van der Waals surface area contributed by atoms with Gasteiger partial charge in [0.2, 0.25) is 0 Å². The van der Waals surface area contributed by atoms with Crippen molar-refractivity contribution < 1.29 is 32.5 Å². The molecule has 0 spiro atoms. The van der Waals surface area contributed by atoms with Crippen molar-refractivity contribution in [2.45, 2.75) is 25.6 Å². The second kappa shape index (κ2) is 7.07. The number of carbonyl (C=O) groups is 1. The molecule has 0 saturated carbocycles. The van der Waals surface area contributed by atoms with Crippen LogP contribution < -0.4 is 10.3 Å². The fourth-order valence-corrected chi connectivity index (χ4v) is 1.40. The molecule has 118 valence electrons. The van der Waals surface area contributed by atoms with Gasteiger partial charge in [-0.15, -0.1) is 0 Å². The van der Waals surface area contributed by atoms with Crippen molar-refractivity contribution in [2.75, 3.05) is 13.2 Å². The number of aromatic nitrogens is 2. The summed E-state index contributed by atoms with van der Waals surface area (Å²) in [5, 5.41) is 13.3. The number of H-pyrrole nitrogens is 1. The molecule has 0 bridgehead atoms. The smallest absolute Gasteiger partial charge is 0.425 e. The van der Waals surface area contributed by atoms with E-state index < -0.39 is 35.1 Å². The molecule has 0 saturated heterocycles. The van der Waals surface area contributed by atoms with Crippen LogP contribution in [0.2, 0.25) is 0 Å². The fourth-order valence-electron chi connectivity index (χ4n) is 1.40. The van der Waals surface area contributed by atoms with Crippen molar-refractivity contribution >= 4 is 5.97 Å². The van der Waals surface area contributed by atoms with Crippen LogP contribution >= 0.6 is 0 Å². The lowest BCUT2D eigenvalue weighted by atomic mass is 10.2. The molecular formula is C11H13F3N2O5. The van der Waals surface area contributed by atoms with Crippen LogP contribution in [0, 0.1) is 0 Å². The summed E-state index contributed by atoms with van der Waals surface area (Å²) in [4.78, 5) is 21.4. The second-order valence-corrected chi connectivity index (χ2v) is 4.08. The first-order valence-corrected chi connectivity index (χ1v) is 5.83. The molecule has 1 rings (SSSR count). The predicted molar refractivity (Wildman–Crippen MR) is 63.0 cm³/mol. The zero-order chi connectivity index (χ0) is 16.0. The van der Waals surface area contributed by atoms with Gasteiger partial charge in [-0.1, -0.05) is 0 Å². The van der Waals surface area contributed by atoms with Gasteiger partial charge in [0.25, 0.3) is 5.56 Å². The highest BCUT2D eigenvalue weighted by Gasteiger charge is 2.38. The summed E-state index contributed by atoms with van der Waals surface area (Å²) in [5.41, 5.74) is -2.88. The van der Waals surface area contributed by atoms with Gasteiger partial charge in [0, 0.05) is 0 Å². The summed E-state index contributed by atoms with van der Waals surface area (Å²) in [7, 11) is 0. The summed E-state index contributed by atoms with van der Waals surface area (Å²) in [6.45, 7) is 1.20. The monoisotopic (exact) mass is 310 g/mol. The second-order valence-electron chi connectivity index (χ2n) is 4.08. The minimum Gasteiger partial charge on any atom is -0.486 e. The lowest BCUT2D eigenvalue weighted by Crippen LogP contribution is -2.27. The summed E-state index contributed by atoms with van der Waals surface area (Å²) < 4.78 is 48.1. The molecule has 0 unspecified atom stereocenters. The van der Waals surface area contributed by atoms with Crippen molar-refractivity contribution in [2.24, 2.45) is 0 Å². The van der Waals surface area contributed by atoms with E-state index in [2.05, 4.69) is 5.10 Å². The van der Waals surface area contributed by atoms with E-state index in [1.807, 2.05) is 0 Å². The topological polar surface area (TPSA) is 102 Å². The van der Waals surface area contributed by atoms with Gasteiger partial charge in [-0.3, -0.25) is 9.59 Å². The molecule has 0 aliphatic heterocycles. The minimum absolute atomic E-state index is 0.0945. The van der Waals surface area contributed by atoms with Crippen molar-refractivity contribution in [3.05, 3.63) is 22.1 Å². The van der Waals surface area contributed by atoms with Crippen LogP contribution in [0.5, 0.6) is 5.75 Å². The Balaban J connectivity index is 2.68. The average molecular weight is 310 g/mol. The first-order chi connectivity index (χ1) is 9.71. The zero-order valence-electron chi connectivity index (χ0n) is 10.9. The number of hydrogen-bond donors (Lipinski definition) is 2. The van der Waals surface area contributed by atoms with Crippen molar-refractivity contribution in [3.8, 4) is 5.75 Å². The van der Waals surface area contributed by atoms with Crippen LogP contribution in [0.3, 0.4) is 0 Å². The Bertz CT molecular complexity index is 543. The number of carboxylic acids is 1. The lowest BCUT2D eigenvalue weighted by molar-refractivity contribution is -0.141. The summed E-state index contributed by atoms with van der Waals surface area (Å²) in [6, 6.07) is 0. The van der Waals surface area contributed by atoms with E-state index in [-0.39, 0.29) is 19.6 Å². The third-order valence-corrected chi connectivity index (χ3v) is 2.25. The number of aliphatic carboxylic acids is 1. The molecule has 7 nitrogen and oxygen atoms in total. The van der Waals surface area contributed by atoms with Gasteiger partial charge >= 0.3 is 12.1 Å². The van der Waals surface area contributed by atoms with Crippen LogP contribution in [0.1, 0.15) is 18.9 Å². The van der Waals surface area contributed by atoms with E-state index in [1.54, 1.807) is 5.10 Å². The summed E-state index contributed by atoms with van der Waals surface area (Å²) in [6.07, 6.45) is -5.18. The highest BCUT2D eigenvalue weighted by Crippen LogP contribution is 2.33. The Morgan fingerprint density at radius 3 is 2.76 bits per heavy atom. The maximum Gasteiger partial charge on any atom is 0.425 e. The van der Waals surface area contributed by atoms with Gasteiger partial charge in [-0.25, -0.2) is 5.10 Å². The molecule has 0 fully saturated rings. The van der Waals surface area contributed by atoms with Gasteiger partial charge in [-0.2, -0.15) is 18.3 Å². The molecular weight excluding hydrogens is 297 g/mol. The van der Waals surface area contributed by atoms with Gasteiger partial charge in [-0.05, 0) is 6.92 Å². The zero-order valence-corrected chi connectivity index (χ0v) is 10.9. The van der Waals surface area contributed by atoms with Crippen LogP contribution in [-0.2, 0) is 15.7 Å². The quantitative estimate of drug-likeness (QED) is 0.730. The lowest BCUT2D eigenvalue weighted by Gasteiger charge is -2.17. The maximum atomic E-state index is 12.7. The number of aromatic amines is 1. The Hall–Kier alpha value is -2.10. The van der Waals surface area contributed by atoms with Crippen molar-refractivity contribution in [3.63, 3.8) is 0 Å². The van der Waals surface area contributed by atoms with Crippen LogP contribution in [-0.4, -0.2) is 40.6 Å². The molecule has 0 aromatic carbocycles. The first-order valence-electron chi connectivity index (χ1n) is 5.83. The predicted octanol–water partition coefficient (Wildman–Crippen LogP) is 1.05. The molecule has 0 amide bonds. The Morgan fingerprint density at radius 2 is 2.19 bits per heavy atom. The molecule has 0 aliphatic carbocycles. The van der Waals surface area contributed by atoms with Crippen molar-refractivity contribution in [1.29, 1.82) is 0 Å². The van der Waals surface area contributed by atoms with E-state index in [4.69, 9.17) is 14.6 Å². The summed E-state index contributed by atoms with van der Waals surface area (Å²) in [5.74, 6) is -1.76. The molecule has 21 heavy (non-hydrogen) atoms. The highest BCUT2D eigenvalue weighted by molar-refractivity contribution is 5.66. The Kier molecular flexibility index (Phi) is 5.70. The number of alkyl halides is 3. The van der Waals surface area contributed by atoms with Gasteiger partial charge in [0.05, 0.1) is 25.8 Å². The normalized spacial score (nSPS) is 13.0. The van der Waals surface area contributed by atoms with E-state index in [1.165, 1.54) is 6.92 Å². The molecule has 1 atom stereocenters. The van der Waals surface area contributed by atoms with E-state index in [0.717, 1.165) is 6.20 Å². The molecule has 0 aliphatic rings. The number of ether oxygens (including phenoxy) is 2. The molecule has 1 aromatic rings. The van der Waals surface area contributed by atoms with E-state index >= 15 is 0 Å². The number of halogens is 3. The van der Waals surface area contributed by atoms with Crippen LogP contribution in [0.15, 0.2) is 11.0 Å². The van der Waals surface area contributed by atoms with Crippen LogP contribution in [0.4, 0.5) is 13.2 Å². The molecule has 1 aromatic heterocycles. The third kappa shape index (κ3) is 5.42. The number of nitrogens with zero attached hydrogens (tertiary/aromatic N) is 1. The molecule has 0 radical (unpaired) electrons. The number of hydrogen-bond acceptors (Lipinski definition) is 5. The van der Waals surface area contributed by atoms with Gasteiger partial charge in [0.1, 0.15) is 6.10 Å². The largest absolute Gasteiger partial charge is 0.486 e. The summed E-state index contributed by atoms with van der Waals surface area (Å²) >= 11 is 0. The number of nitrogens with one attached hydrogen (secondary N) is 1. The standard InChI is InChI=1S/C11H13F3N2O5/c1-6(5-20-3-2-8(17)18)21-7-4-15-16-10(19)9(7)11(12,13)14/h4,6H,2-3,5H2,1H3,(H,16,19)(H,17,18)/t6-/m1/s1. The maximum absolute atomic E-state index is 12.7. The molecule has 2 N–H and O–H groups in total.